The summed E-state index contributed by atoms with van der Waals surface area (Å²) in [5.41, 5.74) is 1.61. The lowest BCUT2D eigenvalue weighted by molar-refractivity contribution is 0.0885. The van der Waals surface area contributed by atoms with Gasteiger partial charge >= 0.3 is 0 Å². The van der Waals surface area contributed by atoms with E-state index in [1.165, 1.54) is 0 Å². The number of fused-ring (bicyclic) bond motifs is 1. The van der Waals surface area contributed by atoms with Gasteiger partial charge in [-0.15, -0.1) is 0 Å². The van der Waals surface area contributed by atoms with Crippen molar-refractivity contribution in [2.75, 3.05) is 6.54 Å². The van der Waals surface area contributed by atoms with E-state index < -0.39 is 6.10 Å². The molecule has 1 aromatic rings. The third kappa shape index (κ3) is 2.68. The molecular weight excluding hydrogens is 242 g/mol. The van der Waals surface area contributed by atoms with E-state index in [0.717, 1.165) is 29.7 Å². The van der Waals surface area contributed by atoms with Crippen LogP contribution in [-0.2, 0) is 6.42 Å². The van der Waals surface area contributed by atoms with Crippen LogP contribution in [0.25, 0.3) is 0 Å². The third-order valence-electron chi connectivity index (χ3n) is 3.73. The Hall–Kier alpha value is -1.29. The number of nitrogens with one attached hydrogen (secondary N) is 1. The van der Waals surface area contributed by atoms with Crippen LogP contribution in [0.4, 0.5) is 0 Å². The lowest BCUT2D eigenvalue weighted by Gasteiger charge is -2.31. The molecule has 1 aliphatic rings. The highest BCUT2D eigenvalue weighted by Crippen LogP contribution is 2.43. The summed E-state index contributed by atoms with van der Waals surface area (Å²) in [4.78, 5) is 12.0. The SMILES string of the molecule is CCCNC(=O)c1oc2c(c1C)C(O)CC(C)(C)C2. The molecular formula is C15H23NO3. The molecule has 1 unspecified atom stereocenters. The number of aliphatic hydroxyl groups is 1. The highest BCUT2D eigenvalue weighted by atomic mass is 16.4. The van der Waals surface area contributed by atoms with Gasteiger partial charge < -0.3 is 14.8 Å². The van der Waals surface area contributed by atoms with Crippen molar-refractivity contribution in [3.05, 3.63) is 22.6 Å². The number of carbonyl (C=O) groups excluding carboxylic acids is 1. The van der Waals surface area contributed by atoms with Crippen LogP contribution >= 0.6 is 0 Å². The molecule has 4 nitrogen and oxygen atoms in total. The summed E-state index contributed by atoms with van der Waals surface area (Å²) in [7, 11) is 0. The first-order valence-corrected chi connectivity index (χ1v) is 6.94. The van der Waals surface area contributed by atoms with Crippen LogP contribution in [0, 0.1) is 12.3 Å². The molecule has 2 N–H and O–H groups in total. The van der Waals surface area contributed by atoms with Crippen molar-refractivity contribution in [1.29, 1.82) is 0 Å². The zero-order valence-corrected chi connectivity index (χ0v) is 12.2. The van der Waals surface area contributed by atoms with E-state index in [1.807, 2.05) is 13.8 Å². The second-order valence-corrected chi connectivity index (χ2v) is 6.21. The molecule has 19 heavy (non-hydrogen) atoms. The fourth-order valence-electron chi connectivity index (χ4n) is 2.82. The normalized spacial score (nSPS) is 21.0. The van der Waals surface area contributed by atoms with E-state index in [4.69, 9.17) is 4.42 Å². The Labute approximate surface area is 114 Å². The van der Waals surface area contributed by atoms with Crippen LogP contribution < -0.4 is 5.32 Å². The van der Waals surface area contributed by atoms with Gasteiger partial charge in [-0.1, -0.05) is 20.8 Å². The van der Waals surface area contributed by atoms with Crippen molar-refractivity contribution in [3.8, 4) is 0 Å². The van der Waals surface area contributed by atoms with Gasteiger partial charge in [0.25, 0.3) is 5.91 Å². The Morgan fingerprint density at radius 2 is 2.21 bits per heavy atom. The number of rotatable bonds is 3. The smallest absolute Gasteiger partial charge is 0.287 e. The number of hydrogen-bond acceptors (Lipinski definition) is 3. The molecule has 1 heterocycles. The summed E-state index contributed by atoms with van der Waals surface area (Å²) in [6, 6.07) is 0. The maximum Gasteiger partial charge on any atom is 0.287 e. The molecule has 1 atom stereocenters. The van der Waals surface area contributed by atoms with Crippen molar-refractivity contribution < 1.29 is 14.3 Å². The summed E-state index contributed by atoms with van der Waals surface area (Å²) in [6.07, 6.45) is 1.83. The summed E-state index contributed by atoms with van der Waals surface area (Å²) >= 11 is 0. The van der Waals surface area contributed by atoms with Crippen LogP contribution in [0.1, 0.15) is 67.2 Å². The largest absolute Gasteiger partial charge is 0.455 e. The van der Waals surface area contributed by atoms with Crippen LogP contribution in [0.2, 0.25) is 0 Å². The third-order valence-corrected chi connectivity index (χ3v) is 3.73. The molecule has 0 radical (unpaired) electrons. The summed E-state index contributed by atoms with van der Waals surface area (Å²) in [5.74, 6) is 0.942. The summed E-state index contributed by atoms with van der Waals surface area (Å²) < 4.78 is 5.73. The molecule has 0 aromatic carbocycles. The summed E-state index contributed by atoms with van der Waals surface area (Å²) in [5, 5.41) is 13.1. The van der Waals surface area contributed by atoms with E-state index in [2.05, 4.69) is 19.2 Å². The topological polar surface area (TPSA) is 62.5 Å². The molecule has 0 bridgehead atoms. The molecule has 0 aliphatic heterocycles. The minimum Gasteiger partial charge on any atom is -0.455 e. The Balaban J connectivity index is 2.33. The maximum atomic E-state index is 12.0. The van der Waals surface area contributed by atoms with Gasteiger partial charge in [-0.3, -0.25) is 4.79 Å². The van der Waals surface area contributed by atoms with Crippen LogP contribution in [0.5, 0.6) is 0 Å². The number of carbonyl (C=O) groups is 1. The van der Waals surface area contributed by atoms with Gasteiger partial charge in [0.1, 0.15) is 5.76 Å². The van der Waals surface area contributed by atoms with Gasteiger partial charge in [-0.25, -0.2) is 0 Å². The van der Waals surface area contributed by atoms with Gasteiger partial charge in [0, 0.05) is 24.1 Å². The van der Waals surface area contributed by atoms with Gasteiger partial charge in [0.15, 0.2) is 5.76 Å². The fraction of sp³-hybridized carbons (Fsp3) is 0.667. The predicted molar refractivity (Wildman–Crippen MR) is 73.1 cm³/mol. The number of hydrogen-bond donors (Lipinski definition) is 2. The second-order valence-electron chi connectivity index (χ2n) is 6.21. The molecule has 2 rings (SSSR count). The van der Waals surface area contributed by atoms with E-state index in [0.29, 0.717) is 18.7 Å². The summed E-state index contributed by atoms with van der Waals surface area (Å²) in [6.45, 7) is 8.71. The number of furan rings is 1. The molecule has 0 spiro atoms. The van der Waals surface area contributed by atoms with Crippen molar-refractivity contribution in [2.45, 2.75) is 53.1 Å². The second kappa shape index (κ2) is 5.00. The van der Waals surface area contributed by atoms with Gasteiger partial charge in [0.05, 0.1) is 6.10 Å². The molecule has 1 amide bonds. The van der Waals surface area contributed by atoms with Gasteiger partial charge in [0.2, 0.25) is 0 Å². The average molecular weight is 265 g/mol. The fourth-order valence-corrected chi connectivity index (χ4v) is 2.82. The van der Waals surface area contributed by atoms with Gasteiger partial charge in [-0.2, -0.15) is 0 Å². The lowest BCUT2D eigenvalue weighted by Crippen LogP contribution is -2.25. The van der Waals surface area contributed by atoms with Crippen molar-refractivity contribution in [2.24, 2.45) is 5.41 Å². The monoisotopic (exact) mass is 265 g/mol. The quantitative estimate of drug-likeness (QED) is 0.883. The van der Waals surface area contributed by atoms with Crippen molar-refractivity contribution in [1.82, 2.24) is 5.32 Å². The first-order chi connectivity index (χ1) is 8.85. The molecule has 0 saturated heterocycles. The average Bonchev–Trinajstić information content (AvgIpc) is 2.61. The van der Waals surface area contributed by atoms with Crippen LogP contribution in [0.3, 0.4) is 0 Å². The first kappa shape index (κ1) is 14.1. The Morgan fingerprint density at radius 1 is 1.53 bits per heavy atom. The maximum absolute atomic E-state index is 12.0. The van der Waals surface area contributed by atoms with E-state index in [9.17, 15) is 9.90 Å². The zero-order chi connectivity index (χ0) is 14.2. The van der Waals surface area contributed by atoms with Crippen LogP contribution in [-0.4, -0.2) is 17.6 Å². The number of aliphatic hydroxyl groups excluding tert-OH is 1. The van der Waals surface area contributed by atoms with Crippen molar-refractivity contribution >= 4 is 5.91 Å². The molecule has 1 aromatic heterocycles. The Morgan fingerprint density at radius 3 is 2.84 bits per heavy atom. The van der Waals surface area contributed by atoms with E-state index >= 15 is 0 Å². The zero-order valence-electron chi connectivity index (χ0n) is 12.2. The molecule has 4 heteroatoms. The molecule has 0 fully saturated rings. The van der Waals surface area contributed by atoms with E-state index in [-0.39, 0.29) is 11.3 Å². The van der Waals surface area contributed by atoms with Crippen LogP contribution in [0.15, 0.2) is 4.42 Å². The Kier molecular flexibility index (Phi) is 3.72. The lowest BCUT2D eigenvalue weighted by atomic mass is 9.75. The van der Waals surface area contributed by atoms with Crippen molar-refractivity contribution in [3.63, 3.8) is 0 Å². The Bertz CT molecular complexity index is 488. The highest BCUT2D eigenvalue weighted by Gasteiger charge is 2.37. The van der Waals surface area contributed by atoms with E-state index in [1.54, 1.807) is 0 Å². The predicted octanol–water partition coefficient (Wildman–Crippen LogP) is 2.73. The highest BCUT2D eigenvalue weighted by molar-refractivity contribution is 5.93. The molecule has 1 aliphatic carbocycles. The molecule has 0 saturated carbocycles. The molecule has 106 valence electrons. The minimum atomic E-state index is -0.532. The number of amides is 1. The minimum absolute atomic E-state index is 0.00781. The first-order valence-electron chi connectivity index (χ1n) is 6.94. The van der Waals surface area contributed by atoms with Gasteiger partial charge in [-0.05, 0) is 25.2 Å². The standard InChI is InChI=1S/C15H23NO3/c1-5-6-16-14(18)13-9(2)12-10(17)7-15(3,4)8-11(12)19-13/h10,17H,5-8H2,1-4H3,(H,16,18).